The summed E-state index contributed by atoms with van der Waals surface area (Å²) >= 11 is 0. The van der Waals surface area contributed by atoms with Crippen LogP contribution in [0.2, 0.25) is 0 Å². The molecule has 6 nitrogen and oxygen atoms in total. The van der Waals surface area contributed by atoms with Gasteiger partial charge >= 0.3 is 12.0 Å². The molecule has 0 spiro atoms. The van der Waals surface area contributed by atoms with Crippen molar-refractivity contribution in [2.75, 3.05) is 7.11 Å². The molecule has 0 radical (unpaired) electrons. The molecular formula is C38H31FN2O4. The minimum atomic E-state index is -1.43. The van der Waals surface area contributed by atoms with Crippen molar-refractivity contribution in [3.63, 3.8) is 0 Å². The molecule has 1 aliphatic heterocycles. The van der Waals surface area contributed by atoms with Gasteiger partial charge in [-0.2, -0.15) is 0 Å². The molecule has 2 unspecified atom stereocenters. The quantitative estimate of drug-likeness (QED) is 0.133. The van der Waals surface area contributed by atoms with E-state index >= 15 is 9.18 Å². The second-order valence-electron chi connectivity index (χ2n) is 10.8. The summed E-state index contributed by atoms with van der Waals surface area (Å²) in [5, 5.41) is 0. The Bertz CT molecular complexity index is 1710. The lowest BCUT2D eigenvalue weighted by Gasteiger charge is -2.33. The highest BCUT2D eigenvalue weighted by molar-refractivity contribution is 6.08. The van der Waals surface area contributed by atoms with Crippen LogP contribution in [0.4, 0.5) is 9.18 Å². The number of Topliss-reactive ketones (excluding diaryl/α,β-unsaturated/α-hetero) is 1. The molecule has 0 aromatic heterocycles. The third-order valence-corrected chi connectivity index (χ3v) is 8.21. The van der Waals surface area contributed by atoms with Crippen molar-refractivity contribution in [2.45, 2.75) is 24.2 Å². The first-order valence-corrected chi connectivity index (χ1v) is 14.7. The van der Waals surface area contributed by atoms with Gasteiger partial charge in [0.05, 0.1) is 24.8 Å². The van der Waals surface area contributed by atoms with Crippen LogP contribution in [-0.4, -0.2) is 46.8 Å². The van der Waals surface area contributed by atoms with Gasteiger partial charge in [-0.3, -0.25) is 9.69 Å². The SMILES string of the molecule is COC(=O)C1C(C(=O)c2ccccc2F)N(C(c2ccccc2)c2ccccc2)C(=O)N1C(c1ccccc1)c1ccccc1. The molecular weight excluding hydrogens is 567 g/mol. The molecule has 2 amide bonds. The predicted molar refractivity (Wildman–Crippen MR) is 169 cm³/mol. The Morgan fingerprint density at radius 1 is 0.578 bits per heavy atom. The van der Waals surface area contributed by atoms with Gasteiger partial charge in [0, 0.05) is 0 Å². The summed E-state index contributed by atoms with van der Waals surface area (Å²) in [6.07, 6.45) is 0. The monoisotopic (exact) mass is 598 g/mol. The van der Waals surface area contributed by atoms with Gasteiger partial charge in [0.2, 0.25) is 0 Å². The maximum absolute atomic E-state index is 15.3. The van der Waals surface area contributed by atoms with Crippen LogP contribution in [0.25, 0.3) is 0 Å². The number of carbonyl (C=O) groups is 3. The number of esters is 1. The van der Waals surface area contributed by atoms with Crippen molar-refractivity contribution >= 4 is 17.8 Å². The van der Waals surface area contributed by atoms with E-state index in [1.807, 2.05) is 121 Å². The maximum atomic E-state index is 15.3. The van der Waals surface area contributed by atoms with Crippen molar-refractivity contribution in [3.05, 3.63) is 179 Å². The van der Waals surface area contributed by atoms with Gasteiger partial charge in [-0.05, 0) is 34.4 Å². The van der Waals surface area contributed by atoms with Gasteiger partial charge in [0.25, 0.3) is 0 Å². The molecule has 5 aromatic rings. The van der Waals surface area contributed by atoms with E-state index in [0.717, 1.165) is 22.3 Å². The molecule has 0 N–H and O–H groups in total. The lowest BCUT2D eigenvalue weighted by Crippen LogP contribution is -2.50. The zero-order valence-corrected chi connectivity index (χ0v) is 24.6. The zero-order chi connectivity index (χ0) is 31.3. The van der Waals surface area contributed by atoms with Crippen LogP contribution in [0.15, 0.2) is 146 Å². The second kappa shape index (κ2) is 13.0. The normalized spacial score (nSPS) is 16.3. The number of nitrogens with zero attached hydrogens (tertiary/aromatic N) is 2. The number of carbonyl (C=O) groups excluding carboxylic acids is 3. The van der Waals surface area contributed by atoms with Crippen LogP contribution < -0.4 is 0 Å². The third-order valence-electron chi connectivity index (χ3n) is 8.21. The van der Waals surface area contributed by atoms with Gasteiger partial charge < -0.3 is 9.64 Å². The van der Waals surface area contributed by atoms with Gasteiger partial charge in [0.15, 0.2) is 11.8 Å². The number of methoxy groups -OCH3 is 1. The maximum Gasteiger partial charge on any atom is 0.331 e. The van der Waals surface area contributed by atoms with Crippen LogP contribution in [-0.2, 0) is 9.53 Å². The molecule has 0 aliphatic carbocycles. The molecule has 7 heteroatoms. The van der Waals surface area contributed by atoms with Crippen molar-refractivity contribution in [1.29, 1.82) is 0 Å². The highest BCUT2D eigenvalue weighted by Crippen LogP contribution is 2.44. The van der Waals surface area contributed by atoms with Crippen LogP contribution >= 0.6 is 0 Å². The van der Waals surface area contributed by atoms with Gasteiger partial charge in [-0.25, -0.2) is 14.0 Å². The molecule has 1 saturated heterocycles. The van der Waals surface area contributed by atoms with E-state index in [2.05, 4.69) is 0 Å². The molecule has 0 bridgehead atoms. The number of hydrogen-bond donors (Lipinski definition) is 0. The van der Waals surface area contributed by atoms with Crippen LogP contribution in [0, 0.1) is 5.82 Å². The number of rotatable bonds is 9. The number of urea groups is 1. The van der Waals surface area contributed by atoms with Crippen LogP contribution in [0.1, 0.15) is 44.7 Å². The van der Waals surface area contributed by atoms with E-state index in [9.17, 15) is 9.59 Å². The first kappa shape index (κ1) is 29.5. The number of ether oxygens (including phenoxy) is 1. The van der Waals surface area contributed by atoms with Crippen molar-refractivity contribution in [1.82, 2.24) is 9.80 Å². The van der Waals surface area contributed by atoms with E-state index in [1.54, 1.807) is 6.07 Å². The molecule has 224 valence electrons. The lowest BCUT2D eigenvalue weighted by molar-refractivity contribution is -0.146. The number of amides is 2. The standard InChI is InChI=1S/C38H31FN2O4/c1-45-37(43)35-34(36(42)30-24-14-15-25-31(30)39)40(32(26-16-6-2-7-17-26)27-18-8-3-9-19-27)38(44)41(35)33(28-20-10-4-11-21-28)29-22-12-5-13-23-29/h2-25,32-35H,1H3. The number of ketones is 1. The molecule has 2 atom stereocenters. The first-order valence-electron chi connectivity index (χ1n) is 14.7. The lowest BCUT2D eigenvalue weighted by atomic mass is 9.90. The fourth-order valence-corrected chi connectivity index (χ4v) is 6.24. The Kier molecular flexibility index (Phi) is 8.51. The molecule has 1 aliphatic rings. The average molecular weight is 599 g/mol. The summed E-state index contributed by atoms with van der Waals surface area (Å²) in [5.74, 6) is -2.22. The summed E-state index contributed by atoms with van der Waals surface area (Å²) in [4.78, 5) is 46.5. The molecule has 1 heterocycles. The smallest absolute Gasteiger partial charge is 0.331 e. The molecule has 5 aromatic carbocycles. The van der Waals surface area contributed by atoms with E-state index in [-0.39, 0.29) is 5.56 Å². The van der Waals surface area contributed by atoms with Gasteiger partial charge in [0.1, 0.15) is 11.9 Å². The second-order valence-corrected chi connectivity index (χ2v) is 10.8. The van der Waals surface area contributed by atoms with Crippen molar-refractivity contribution < 1.29 is 23.5 Å². The number of halogens is 1. The summed E-state index contributed by atoms with van der Waals surface area (Å²) < 4.78 is 20.6. The highest BCUT2D eigenvalue weighted by atomic mass is 19.1. The van der Waals surface area contributed by atoms with E-state index < -0.39 is 47.8 Å². The van der Waals surface area contributed by atoms with Crippen LogP contribution in [0.3, 0.4) is 0 Å². The Morgan fingerprint density at radius 2 is 0.933 bits per heavy atom. The summed E-state index contributed by atoms with van der Waals surface area (Å²) in [6, 6.07) is 38.0. The molecule has 6 rings (SSSR count). The first-order chi connectivity index (χ1) is 22.0. The van der Waals surface area contributed by atoms with E-state index in [0.29, 0.717) is 0 Å². The Balaban J connectivity index is 1.64. The molecule has 0 saturated carbocycles. The Labute approximate surface area is 261 Å². The van der Waals surface area contributed by atoms with Gasteiger partial charge in [-0.1, -0.05) is 133 Å². The summed E-state index contributed by atoms with van der Waals surface area (Å²) in [7, 11) is 1.23. The molecule has 1 fully saturated rings. The summed E-state index contributed by atoms with van der Waals surface area (Å²) in [6.45, 7) is 0. The largest absolute Gasteiger partial charge is 0.467 e. The third kappa shape index (κ3) is 5.60. The fourth-order valence-electron chi connectivity index (χ4n) is 6.24. The number of hydrogen-bond acceptors (Lipinski definition) is 4. The van der Waals surface area contributed by atoms with Gasteiger partial charge in [-0.15, -0.1) is 0 Å². The Hall–Kier alpha value is -5.56. The van der Waals surface area contributed by atoms with Crippen molar-refractivity contribution in [3.8, 4) is 0 Å². The van der Waals surface area contributed by atoms with Crippen LogP contribution in [0.5, 0.6) is 0 Å². The number of benzene rings is 5. The highest BCUT2D eigenvalue weighted by Gasteiger charge is 2.58. The summed E-state index contributed by atoms with van der Waals surface area (Å²) in [5.41, 5.74) is 2.71. The van der Waals surface area contributed by atoms with E-state index in [4.69, 9.17) is 4.74 Å². The topological polar surface area (TPSA) is 66.9 Å². The minimum absolute atomic E-state index is 0.216. The minimum Gasteiger partial charge on any atom is -0.467 e. The molecule has 45 heavy (non-hydrogen) atoms. The predicted octanol–water partition coefficient (Wildman–Crippen LogP) is 7.24. The average Bonchev–Trinajstić information content (AvgIpc) is 3.38. The van der Waals surface area contributed by atoms with E-state index in [1.165, 1.54) is 35.1 Å². The fraction of sp³-hybridized carbons (Fsp3) is 0.132. The zero-order valence-electron chi connectivity index (χ0n) is 24.6. The Morgan fingerprint density at radius 3 is 1.31 bits per heavy atom. The van der Waals surface area contributed by atoms with Crippen molar-refractivity contribution in [2.24, 2.45) is 0 Å².